The first-order valence-corrected chi connectivity index (χ1v) is 8.99. The van der Waals surface area contributed by atoms with Crippen LogP contribution < -0.4 is 4.74 Å². The lowest BCUT2D eigenvalue weighted by molar-refractivity contribution is -0.0190. The van der Waals surface area contributed by atoms with Crippen molar-refractivity contribution in [2.24, 2.45) is 5.10 Å². The fourth-order valence-electron chi connectivity index (χ4n) is 3.47. The molecule has 0 radical (unpaired) electrons. The average molecular weight is 395 g/mol. The maximum Gasteiger partial charge on any atom is 0.213 e. The van der Waals surface area contributed by atoms with Crippen molar-refractivity contribution in [3.05, 3.63) is 88.3 Å². The first kappa shape index (κ1) is 14.8. The van der Waals surface area contributed by atoms with Crippen LogP contribution in [0.25, 0.3) is 0 Å². The van der Waals surface area contributed by atoms with Gasteiger partial charge in [-0.25, -0.2) is 5.01 Å². The van der Waals surface area contributed by atoms with Gasteiger partial charge in [-0.3, -0.25) is 0 Å². The van der Waals surface area contributed by atoms with Crippen LogP contribution in [0.4, 0.5) is 0 Å². The van der Waals surface area contributed by atoms with Crippen LogP contribution in [-0.4, -0.2) is 10.7 Å². The summed E-state index contributed by atoms with van der Waals surface area (Å²) in [4.78, 5) is 0. The van der Waals surface area contributed by atoms with Crippen LogP contribution in [0.2, 0.25) is 0 Å². The molecule has 5 rings (SSSR count). The Hall–Kier alpha value is -2.53. The van der Waals surface area contributed by atoms with Gasteiger partial charge in [0.05, 0.1) is 12.3 Å². The number of fused-ring (bicyclic) bond motifs is 3. The Kier molecular flexibility index (Phi) is 3.41. The zero-order valence-corrected chi connectivity index (χ0v) is 14.9. The monoisotopic (exact) mass is 394 g/mol. The van der Waals surface area contributed by atoms with E-state index in [1.807, 2.05) is 42.5 Å². The minimum Gasteiger partial charge on any atom is -0.464 e. The number of hydrogen-bond acceptors (Lipinski definition) is 4. The normalized spacial score (nSPS) is 21.3. The maximum absolute atomic E-state index is 6.31. The van der Waals surface area contributed by atoms with E-state index in [9.17, 15) is 0 Å². The van der Waals surface area contributed by atoms with Gasteiger partial charge in [-0.2, -0.15) is 5.10 Å². The van der Waals surface area contributed by atoms with Crippen LogP contribution in [0.1, 0.15) is 35.6 Å². The molecule has 124 valence electrons. The van der Waals surface area contributed by atoms with E-state index < -0.39 is 0 Å². The minimum absolute atomic E-state index is 0.152. The molecule has 4 nitrogen and oxygen atoms in total. The third-order valence-electron chi connectivity index (χ3n) is 4.66. The van der Waals surface area contributed by atoms with Gasteiger partial charge in [-0.1, -0.05) is 46.3 Å². The summed E-state index contributed by atoms with van der Waals surface area (Å²) >= 11 is 3.49. The summed E-state index contributed by atoms with van der Waals surface area (Å²) in [5.41, 5.74) is 3.20. The molecule has 3 aromatic rings. The Labute approximate surface area is 153 Å². The molecule has 2 aliphatic rings. The van der Waals surface area contributed by atoms with E-state index in [0.29, 0.717) is 0 Å². The molecular weight excluding hydrogens is 380 g/mol. The standard InChI is InChI=1S/C20H15BrN2O2/c21-14-9-7-13(8-10-14)20-23-17(15-4-1-2-5-18(15)25-20)12-16(22-23)19-6-3-11-24-19/h1-11,17,20H,12H2/t17-,20+/m1/s1. The number of nitrogens with zero attached hydrogens (tertiary/aromatic N) is 2. The van der Waals surface area contributed by atoms with E-state index in [1.165, 1.54) is 5.56 Å². The van der Waals surface area contributed by atoms with Crippen molar-refractivity contribution < 1.29 is 9.15 Å². The highest BCUT2D eigenvalue weighted by Gasteiger charge is 2.41. The SMILES string of the molecule is Brc1ccc([C@@H]2Oc3ccccc3[C@H]3CC(c4ccco4)=NN32)cc1. The molecule has 0 saturated carbocycles. The molecule has 1 aromatic heterocycles. The molecule has 0 N–H and O–H groups in total. The highest BCUT2D eigenvalue weighted by molar-refractivity contribution is 9.10. The average Bonchev–Trinajstić information content (AvgIpc) is 3.31. The third-order valence-corrected chi connectivity index (χ3v) is 5.19. The third kappa shape index (κ3) is 2.46. The van der Waals surface area contributed by atoms with E-state index in [4.69, 9.17) is 14.3 Å². The molecule has 3 heterocycles. The van der Waals surface area contributed by atoms with Gasteiger partial charge in [0.15, 0.2) is 0 Å². The molecule has 0 aliphatic carbocycles. The molecule has 0 fully saturated rings. The Morgan fingerprint density at radius 3 is 2.64 bits per heavy atom. The molecule has 25 heavy (non-hydrogen) atoms. The van der Waals surface area contributed by atoms with Gasteiger partial charge in [-0.05, 0) is 30.3 Å². The van der Waals surface area contributed by atoms with Crippen LogP contribution in [0.15, 0.2) is 80.9 Å². The van der Waals surface area contributed by atoms with Crippen molar-refractivity contribution in [1.29, 1.82) is 0 Å². The Morgan fingerprint density at radius 2 is 1.84 bits per heavy atom. The predicted octanol–water partition coefficient (Wildman–Crippen LogP) is 5.28. The van der Waals surface area contributed by atoms with Gasteiger partial charge in [0, 0.05) is 22.0 Å². The molecule has 5 heteroatoms. The maximum atomic E-state index is 6.31. The van der Waals surface area contributed by atoms with Crippen LogP contribution >= 0.6 is 15.9 Å². The lowest BCUT2D eigenvalue weighted by Crippen LogP contribution is -2.33. The molecule has 2 aromatic carbocycles. The zero-order valence-electron chi connectivity index (χ0n) is 13.3. The summed E-state index contributed by atoms with van der Waals surface area (Å²) in [5, 5.41) is 6.91. The molecule has 0 amide bonds. The van der Waals surface area contributed by atoms with E-state index >= 15 is 0 Å². The van der Waals surface area contributed by atoms with Crippen molar-refractivity contribution in [2.75, 3.05) is 0 Å². The van der Waals surface area contributed by atoms with Gasteiger partial charge < -0.3 is 9.15 Å². The van der Waals surface area contributed by atoms with E-state index in [-0.39, 0.29) is 12.3 Å². The topological polar surface area (TPSA) is 38.0 Å². The minimum atomic E-state index is -0.250. The number of para-hydroxylation sites is 1. The highest BCUT2D eigenvalue weighted by Crippen LogP contribution is 2.47. The number of hydrazone groups is 1. The molecule has 0 saturated heterocycles. The lowest BCUT2D eigenvalue weighted by Gasteiger charge is -2.38. The quantitative estimate of drug-likeness (QED) is 0.592. The van der Waals surface area contributed by atoms with Gasteiger partial charge in [0.25, 0.3) is 0 Å². The predicted molar refractivity (Wildman–Crippen MR) is 98.4 cm³/mol. The Bertz CT molecular complexity index is 935. The number of ether oxygens (including phenoxy) is 1. The molecule has 0 spiro atoms. The summed E-state index contributed by atoms with van der Waals surface area (Å²) in [5.74, 6) is 1.74. The van der Waals surface area contributed by atoms with Crippen molar-refractivity contribution in [2.45, 2.75) is 18.7 Å². The summed E-state index contributed by atoms with van der Waals surface area (Å²) in [7, 11) is 0. The fraction of sp³-hybridized carbons (Fsp3) is 0.150. The number of rotatable bonds is 2. The first-order chi connectivity index (χ1) is 12.3. The summed E-state index contributed by atoms with van der Waals surface area (Å²) in [6.45, 7) is 0. The van der Waals surface area contributed by atoms with Crippen LogP contribution in [-0.2, 0) is 0 Å². The van der Waals surface area contributed by atoms with Crippen molar-refractivity contribution >= 4 is 21.6 Å². The molecule has 2 aliphatic heterocycles. The van der Waals surface area contributed by atoms with E-state index in [2.05, 4.69) is 39.1 Å². The highest BCUT2D eigenvalue weighted by atomic mass is 79.9. The second kappa shape index (κ2) is 5.77. The van der Waals surface area contributed by atoms with Gasteiger partial charge >= 0.3 is 0 Å². The summed E-state index contributed by atoms with van der Waals surface area (Å²) in [6.07, 6.45) is 2.24. The number of hydrogen-bond donors (Lipinski definition) is 0. The largest absolute Gasteiger partial charge is 0.464 e. The van der Waals surface area contributed by atoms with E-state index in [0.717, 1.165) is 33.7 Å². The van der Waals surface area contributed by atoms with Gasteiger partial charge in [0.1, 0.15) is 17.2 Å². The number of benzene rings is 2. The fourth-order valence-corrected chi connectivity index (χ4v) is 3.74. The van der Waals surface area contributed by atoms with Crippen LogP contribution in [0, 0.1) is 0 Å². The molecule has 0 bridgehead atoms. The smallest absolute Gasteiger partial charge is 0.213 e. The van der Waals surface area contributed by atoms with Crippen LogP contribution in [0.5, 0.6) is 5.75 Å². The lowest BCUT2D eigenvalue weighted by atomic mass is 9.97. The zero-order chi connectivity index (χ0) is 16.8. The number of furan rings is 1. The Morgan fingerprint density at radius 1 is 1.00 bits per heavy atom. The van der Waals surface area contributed by atoms with E-state index in [1.54, 1.807) is 6.26 Å². The second-order valence-electron chi connectivity index (χ2n) is 6.18. The second-order valence-corrected chi connectivity index (χ2v) is 7.10. The molecule has 0 unspecified atom stereocenters. The van der Waals surface area contributed by atoms with Crippen molar-refractivity contribution in [1.82, 2.24) is 5.01 Å². The van der Waals surface area contributed by atoms with Gasteiger partial charge in [0.2, 0.25) is 6.23 Å². The summed E-state index contributed by atoms with van der Waals surface area (Å²) in [6, 6.07) is 20.4. The number of halogens is 1. The first-order valence-electron chi connectivity index (χ1n) is 8.20. The van der Waals surface area contributed by atoms with Crippen molar-refractivity contribution in [3.63, 3.8) is 0 Å². The van der Waals surface area contributed by atoms with Crippen molar-refractivity contribution in [3.8, 4) is 5.75 Å². The van der Waals surface area contributed by atoms with Gasteiger partial charge in [-0.15, -0.1) is 0 Å². The summed E-state index contributed by atoms with van der Waals surface area (Å²) < 4.78 is 12.9. The van der Waals surface area contributed by atoms with Crippen LogP contribution in [0.3, 0.4) is 0 Å². The Balaban J connectivity index is 1.60. The molecule has 2 atom stereocenters. The molecular formula is C20H15BrN2O2.